The summed E-state index contributed by atoms with van der Waals surface area (Å²) >= 11 is 0. The first-order chi connectivity index (χ1) is 8.02. The van der Waals surface area contributed by atoms with Crippen LogP contribution >= 0.6 is 0 Å². The molecule has 0 aliphatic carbocycles. The van der Waals surface area contributed by atoms with Gasteiger partial charge in [-0.25, -0.2) is 0 Å². The zero-order valence-corrected chi connectivity index (χ0v) is 10.6. The lowest BCUT2D eigenvalue weighted by Gasteiger charge is -2.32. The molecular formula is C13H20N2O2. The first-order valence-corrected chi connectivity index (χ1v) is 5.90. The largest absolute Gasteiger partial charge is 0.481 e. The summed E-state index contributed by atoms with van der Waals surface area (Å²) < 4.78 is 0. The second-order valence-corrected chi connectivity index (χ2v) is 4.44. The van der Waals surface area contributed by atoms with Gasteiger partial charge >= 0.3 is 5.97 Å². The van der Waals surface area contributed by atoms with E-state index in [0.717, 1.165) is 5.56 Å². The fourth-order valence-electron chi connectivity index (χ4n) is 1.94. The van der Waals surface area contributed by atoms with Crippen LogP contribution in [0.1, 0.15) is 38.8 Å². The topological polar surface area (TPSA) is 53.4 Å². The summed E-state index contributed by atoms with van der Waals surface area (Å²) in [6.45, 7) is 6.80. The molecule has 94 valence electrons. The summed E-state index contributed by atoms with van der Waals surface area (Å²) in [6, 6.07) is 4.42. The molecule has 17 heavy (non-hydrogen) atoms. The molecule has 1 N–H and O–H groups in total. The minimum absolute atomic E-state index is 0.169. The van der Waals surface area contributed by atoms with E-state index in [4.69, 9.17) is 5.11 Å². The third kappa shape index (κ3) is 4.15. The standard InChI is InChI=1S/C13H20N2O2/c1-10(2)15(8-6-13(16)17)11(3)12-5-4-7-14-9-12/h4-5,7,9-11H,6,8H2,1-3H3,(H,16,17). The summed E-state index contributed by atoms with van der Waals surface area (Å²) in [4.78, 5) is 16.9. The number of rotatable bonds is 6. The van der Waals surface area contributed by atoms with Crippen LogP contribution in [0.3, 0.4) is 0 Å². The minimum Gasteiger partial charge on any atom is -0.481 e. The minimum atomic E-state index is -0.756. The molecular weight excluding hydrogens is 216 g/mol. The summed E-state index contributed by atoms with van der Waals surface area (Å²) in [5, 5.41) is 8.76. The van der Waals surface area contributed by atoms with E-state index < -0.39 is 5.97 Å². The molecule has 0 saturated heterocycles. The van der Waals surface area contributed by atoms with Gasteiger partial charge in [0.25, 0.3) is 0 Å². The van der Waals surface area contributed by atoms with Crippen LogP contribution in [0.4, 0.5) is 0 Å². The summed E-state index contributed by atoms with van der Waals surface area (Å²) in [6.07, 6.45) is 3.75. The molecule has 0 spiro atoms. The predicted octanol–water partition coefficient (Wildman–Crippen LogP) is 2.33. The van der Waals surface area contributed by atoms with Crippen molar-refractivity contribution in [2.75, 3.05) is 6.54 Å². The smallest absolute Gasteiger partial charge is 0.304 e. The van der Waals surface area contributed by atoms with Crippen LogP contribution < -0.4 is 0 Å². The molecule has 1 aromatic rings. The molecule has 1 atom stereocenters. The van der Waals surface area contributed by atoms with Gasteiger partial charge in [-0.05, 0) is 32.4 Å². The number of nitrogens with zero attached hydrogens (tertiary/aromatic N) is 2. The Balaban J connectivity index is 2.73. The molecule has 0 saturated carbocycles. The van der Waals surface area contributed by atoms with Crippen molar-refractivity contribution in [3.8, 4) is 0 Å². The summed E-state index contributed by atoms with van der Waals surface area (Å²) in [7, 11) is 0. The number of hydrogen-bond donors (Lipinski definition) is 1. The molecule has 1 aromatic heterocycles. The highest BCUT2D eigenvalue weighted by Gasteiger charge is 2.19. The van der Waals surface area contributed by atoms with E-state index in [2.05, 4.69) is 30.7 Å². The second-order valence-electron chi connectivity index (χ2n) is 4.44. The average Bonchev–Trinajstić information content (AvgIpc) is 2.29. The van der Waals surface area contributed by atoms with Crippen molar-refractivity contribution >= 4 is 5.97 Å². The number of aliphatic carboxylic acids is 1. The number of carboxylic acids is 1. The summed E-state index contributed by atoms with van der Waals surface area (Å²) in [5.74, 6) is -0.756. The Kier molecular flexibility index (Phi) is 5.10. The van der Waals surface area contributed by atoms with Gasteiger partial charge in [0.05, 0.1) is 6.42 Å². The number of aromatic nitrogens is 1. The molecule has 1 unspecified atom stereocenters. The quantitative estimate of drug-likeness (QED) is 0.823. The second kappa shape index (κ2) is 6.35. The van der Waals surface area contributed by atoms with E-state index in [9.17, 15) is 4.79 Å². The van der Waals surface area contributed by atoms with Gasteiger partial charge in [-0.2, -0.15) is 0 Å². The maximum Gasteiger partial charge on any atom is 0.304 e. The van der Waals surface area contributed by atoms with Gasteiger partial charge in [-0.1, -0.05) is 6.07 Å². The van der Waals surface area contributed by atoms with Gasteiger partial charge in [0, 0.05) is 31.0 Å². The molecule has 0 bridgehead atoms. The monoisotopic (exact) mass is 236 g/mol. The number of pyridine rings is 1. The van der Waals surface area contributed by atoms with Crippen LogP contribution in [0.5, 0.6) is 0 Å². The van der Waals surface area contributed by atoms with Crippen molar-refractivity contribution in [3.05, 3.63) is 30.1 Å². The fourth-order valence-corrected chi connectivity index (χ4v) is 1.94. The zero-order chi connectivity index (χ0) is 12.8. The van der Waals surface area contributed by atoms with Crippen LogP contribution in [0.25, 0.3) is 0 Å². The third-order valence-electron chi connectivity index (χ3n) is 2.91. The van der Waals surface area contributed by atoms with E-state index in [0.29, 0.717) is 12.6 Å². The highest BCUT2D eigenvalue weighted by Crippen LogP contribution is 2.21. The Hall–Kier alpha value is -1.42. The maximum absolute atomic E-state index is 10.6. The van der Waals surface area contributed by atoms with E-state index in [1.165, 1.54) is 0 Å². The van der Waals surface area contributed by atoms with Crippen molar-refractivity contribution in [3.63, 3.8) is 0 Å². The SMILES string of the molecule is CC(C)N(CCC(=O)O)C(C)c1cccnc1. The Morgan fingerprint density at radius 3 is 2.65 bits per heavy atom. The molecule has 0 aliphatic heterocycles. The normalized spacial score (nSPS) is 13.0. The zero-order valence-electron chi connectivity index (χ0n) is 10.6. The average molecular weight is 236 g/mol. The van der Waals surface area contributed by atoms with Crippen LogP contribution in [-0.2, 0) is 4.79 Å². The van der Waals surface area contributed by atoms with Gasteiger partial charge in [0.15, 0.2) is 0 Å². The first kappa shape index (κ1) is 13.6. The van der Waals surface area contributed by atoms with E-state index in [-0.39, 0.29) is 12.5 Å². The molecule has 1 heterocycles. The highest BCUT2D eigenvalue weighted by atomic mass is 16.4. The lowest BCUT2D eigenvalue weighted by molar-refractivity contribution is -0.137. The first-order valence-electron chi connectivity index (χ1n) is 5.90. The molecule has 0 radical (unpaired) electrons. The van der Waals surface area contributed by atoms with Gasteiger partial charge in [0.1, 0.15) is 0 Å². The molecule has 0 aromatic carbocycles. The third-order valence-corrected chi connectivity index (χ3v) is 2.91. The predicted molar refractivity (Wildman–Crippen MR) is 66.7 cm³/mol. The van der Waals surface area contributed by atoms with E-state index >= 15 is 0 Å². The van der Waals surface area contributed by atoms with Crippen molar-refractivity contribution in [1.29, 1.82) is 0 Å². The highest BCUT2D eigenvalue weighted by molar-refractivity contribution is 5.66. The molecule has 0 aliphatic rings. The van der Waals surface area contributed by atoms with Crippen LogP contribution in [0.2, 0.25) is 0 Å². The van der Waals surface area contributed by atoms with Crippen molar-refractivity contribution < 1.29 is 9.90 Å². The lowest BCUT2D eigenvalue weighted by Crippen LogP contribution is -2.35. The number of carbonyl (C=O) groups is 1. The van der Waals surface area contributed by atoms with Crippen LogP contribution in [-0.4, -0.2) is 33.5 Å². The molecule has 0 fully saturated rings. The lowest BCUT2D eigenvalue weighted by atomic mass is 10.1. The van der Waals surface area contributed by atoms with E-state index in [1.54, 1.807) is 6.20 Å². The maximum atomic E-state index is 10.6. The fraction of sp³-hybridized carbons (Fsp3) is 0.538. The Morgan fingerprint density at radius 2 is 2.18 bits per heavy atom. The van der Waals surface area contributed by atoms with E-state index in [1.807, 2.05) is 18.3 Å². The molecule has 1 rings (SSSR count). The Labute approximate surface area is 102 Å². The van der Waals surface area contributed by atoms with Gasteiger partial charge in [-0.3, -0.25) is 14.7 Å². The van der Waals surface area contributed by atoms with Crippen LogP contribution in [0.15, 0.2) is 24.5 Å². The van der Waals surface area contributed by atoms with Gasteiger partial charge < -0.3 is 5.11 Å². The molecule has 4 nitrogen and oxygen atoms in total. The van der Waals surface area contributed by atoms with Gasteiger partial charge in [0.2, 0.25) is 0 Å². The number of carboxylic acid groups (broad SMARTS) is 1. The Morgan fingerprint density at radius 1 is 1.47 bits per heavy atom. The van der Waals surface area contributed by atoms with Crippen molar-refractivity contribution in [2.45, 2.75) is 39.3 Å². The Bertz CT molecular complexity index is 352. The number of hydrogen-bond acceptors (Lipinski definition) is 3. The van der Waals surface area contributed by atoms with Crippen molar-refractivity contribution in [2.24, 2.45) is 0 Å². The van der Waals surface area contributed by atoms with Crippen LogP contribution in [0, 0.1) is 0 Å². The molecule has 0 amide bonds. The molecule has 4 heteroatoms. The van der Waals surface area contributed by atoms with Crippen molar-refractivity contribution in [1.82, 2.24) is 9.88 Å². The summed E-state index contributed by atoms with van der Waals surface area (Å²) in [5.41, 5.74) is 1.12. The van der Waals surface area contributed by atoms with Gasteiger partial charge in [-0.15, -0.1) is 0 Å².